The molecule has 0 fully saturated rings. The average molecular weight is 1000 g/mol. The minimum absolute atomic E-state index is 0.0390. The third-order valence-corrected chi connectivity index (χ3v) is 11.9. The SMILES string of the molecule is CC/C=C\C/C=C\C/C=C\C/C=C\C/C=C\C/C=C\CCC(=O)OC(COC(=O)CCCCCCCCCCCCC)COP(=O)(O)OCC(CO)OC(=O)CCCCCCC/C=C\C/C=C\CCC. The van der Waals surface area contributed by atoms with Crippen LogP contribution in [-0.4, -0.2) is 66.5 Å². The average Bonchev–Trinajstić information content (AvgIpc) is 3.35. The van der Waals surface area contributed by atoms with Crippen LogP contribution < -0.4 is 0 Å². The molecule has 0 radical (unpaired) electrons. The number of allylic oxidation sites excluding steroid dienone is 16. The Morgan fingerprint density at radius 2 is 0.800 bits per heavy atom. The molecule has 0 amide bonds. The van der Waals surface area contributed by atoms with E-state index < -0.39 is 57.8 Å². The highest BCUT2D eigenvalue weighted by atomic mass is 31.2. The highest BCUT2D eigenvalue weighted by molar-refractivity contribution is 7.47. The van der Waals surface area contributed by atoms with Gasteiger partial charge in [-0.3, -0.25) is 23.4 Å². The van der Waals surface area contributed by atoms with E-state index in [2.05, 4.69) is 106 Å². The highest BCUT2D eigenvalue weighted by Gasteiger charge is 2.28. The first-order valence-corrected chi connectivity index (χ1v) is 28.6. The summed E-state index contributed by atoms with van der Waals surface area (Å²) in [6.45, 7) is 4.34. The molecule has 0 aromatic rings. The molecule has 0 rings (SSSR count). The number of phosphoric acid groups is 1. The lowest BCUT2D eigenvalue weighted by atomic mass is 10.1. The molecule has 12 heteroatoms. The molecule has 0 aromatic carbocycles. The zero-order valence-corrected chi connectivity index (χ0v) is 44.8. The van der Waals surface area contributed by atoms with E-state index in [-0.39, 0.29) is 25.9 Å². The molecule has 0 aliphatic rings. The van der Waals surface area contributed by atoms with E-state index in [1.807, 2.05) is 12.2 Å². The van der Waals surface area contributed by atoms with Crippen molar-refractivity contribution in [2.24, 2.45) is 0 Å². The summed E-state index contributed by atoms with van der Waals surface area (Å²) >= 11 is 0. The Morgan fingerprint density at radius 1 is 0.414 bits per heavy atom. The molecule has 0 bridgehead atoms. The maximum atomic E-state index is 12.9. The monoisotopic (exact) mass is 1000 g/mol. The second kappa shape index (κ2) is 51.7. The van der Waals surface area contributed by atoms with Gasteiger partial charge in [0.15, 0.2) is 6.10 Å². The van der Waals surface area contributed by atoms with Gasteiger partial charge in [0.2, 0.25) is 0 Å². The molecule has 3 unspecified atom stereocenters. The van der Waals surface area contributed by atoms with E-state index in [0.29, 0.717) is 25.7 Å². The van der Waals surface area contributed by atoms with Crippen LogP contribution in [0.5, 0.6) is 0 Å². The summed E-state index contributed by atoms with van der Waals surface area (Å²) in [6.07, 6.45) is 59.6. The van der Waals surface area contributed by atoms with Gasteiger partial charge in [-0.05, 0) is 83.5 Å². The van der Waals surface area contributed by atoms with Gasteiger partial charge in [0.1, 0.15) is 12.7 Å². The molecule has 3 atom stereocenters. The topological polar surface area (TPSA) is 155 Å². The lowest BCUT2D eigenvalue weighted by Gasteiger charge is -2.21. The lowest BCUT2D eigenvalue weighted by molar-refractivity contribution is -0.161. The van der Waals surface area contributed by atoms with Gasteiger partial charge in [-0.2, -0.15) is 0 Å². The van der Waals surface area contributed by atoms with E-state index in [9.17, 15) is 28.9 Å². The molecule has 2 N–H and O–H groups in total. The van der Waals surface area contributed by atoms with E-state index >= 15 is 0 Å². The molecule has 0 aromatic heterocycles. The van der Waals surface area contributed by atoms with Gasteiger partial charge in [0, 0.05) is 19.3 Å². The number of rotatable bonds is 49. The summed E-state index contributed by atoms with van der Waals surface area (Å²) in [5.74, 6) is -1.59. The van der Waals surface area contributed by atoms with Crippen molar-refractivity contribution in [3.8, 4) is 0 Å². The predicted octanol–water partition coefficient (Wildman–Crippen LogP) is 15.7. The van der Waals surface area contributed by atoms with Crippen LogP contribution in [0.3, 0.4) is 0 Å². The standard InChI is InChI=1S/C58H97O11P/c1-4-7-10-13-16-19-22-24-25-26-27-28-29-31-34-37-40-43-46-49-58(62)69-55(51-65-56(60)47-44-41-38-35-32-21-18-15-12-9-6-3)53-67-70(63,64)66-52-54(50-59)68-57(61)48-45-42-39-36-33-30-23-20-17-14-11-8-5-2/h7,10-11,14,16,19-20,23-25,27-28,31,34,40,43,54-55,59H,4-6,8-9,12-13,15,17-18,21-22,26,29-30,32-33,35-39,41-42,44-53H2,1-3H3,(H,63,64)/b10-7-,14-11-,19-16-,23-20-,25-24-,28-27-,34-31-,43-40-. The molecule has 0 aliphatic heterocycles. The fourth-order valence-corrected chi connectivity index (χ4v) is 7.67. The van der Waals surface area contributed by atoms with Gasteiger partial charge in [0.25, 0.3) is 0 Å². The largest absolute Gasteiger partial charge is 0.472 e. The predicted molar refractivity (Wildman–Crippen MR) is 288 cm³/mol. The van der Waals surface area contributed by atoms with Crippen molar-refractivity contribution in [2.45, 2.75) is 226 Å². The zero-order valence-electron chi connectivity index (χ0n) is 43.9. The van der Waals surface area contributed by atoms with Crippen LogP contribution in [0.15, 0.2) is 97.2 Å². The van der Waals surface area contributed by atoms with E-state index in [1.165, 1.54) is 44.9 Å². The van der Waals surface area contributed by atoms with Crippen molar-refractivity contribution in [3.05, 3.63) is 97.2 Å². The Bertz CT molecular complexity index is 1540. The summed E-state index contributed by atoms with van der Waals surface area (Å²) < 4.78 is 39.3. The summed E-state index contributed by atoms with van der Waals surface area (Å²) in [4.78, 5) is 48.3. The molecule has 11 nitrogen and oxygen atoms in total. The van der Waals surface area contributed by atoms with Crippen LogP contribution in [0.2, 0.25) is 0 Å². The summed E-state index contributed by atoms with van der Waals surface area (Å²) in [6, 6.07) is 0. The van der Waals surface area contributed by atoms with E-state index in [1.54, 1.807) is 0 Å². The number of ether oxygens (including phenoxy) is 3. The number of hydrogen-bond acceptors (Lipinski definition) is 10. The van der Waals surface area contributed by atoms with Crippen LogP contribution in [0.4, 0.5) is 0 Å². The molecule has 400 valence electrons. The minimum Gasteiger partial charge on any atom is -0.462 e. The lowest BCUT2D eigenvalue weighted by Crippen LogP contribution is -2.30. The quantitative estimate of drug-likeness (QED) is 0.0197. The fraction of sp³-hybridized carbons (Fsp3) is 0.672. The third kappa shape index (κ3) is 49.4. The first-order valence-electron chi connectivity index (χ1n) is 27.1. The van der Waals surface area contributed by atoms with Gasteiger partial charge < -0.3 is 24.2 Å². The first-order chi connectivity index (χ1) is 34.2. The second-order valence-corrected chi connectivity index (χ2v) is 19.1. The Labute approximate surface area is 425 Å². The maximum Gasteiger partial charge on any atom is 0.472 e. The van der Waals surface area contributed by atoms with Crippen LogP contribution in [0, 0.1) is 0 Å². The Hall–Kier alpha value is -3.60. The third-order valence-electron chi connectivity index (χ3n) is 11.0. The van der Waals surface area contributed by atoms with Gasteiger partial charge in [0.05, 0.1) is 19.8 Å². The molecule has 0 spiro atoms. The van der Waals surface area contributed by atoms with Gasteiger partial charge in [-0.25, -0.2) is 4.57 Å². The molecule has 0 saturated carbocycles. The summed E-state index contributed by atoms with van der Waals surface area (Å²) in [5.41, 5.74) is 0. The number of phosphoric ester groups is 1. The van der Waals surface area contributed by atoms with Crippen molar-refractivity contribution in [1.82, 2.24) is 0 Å². The van der Waals surface area contributed by atoms with Crippen molar-refractivity contribution < 1.29 is 52.2 Å². The van der Waals surface area contributed by atoms with E-state index in [0.717, 1.165) is 103 Å². The minimum atomic E-state index is -4.77. The number of aliphatic hydroxyl groups is 1. The molecular weight excluding hydrogens is 904 g/mol. The molecule has 0 aliphatic carbocycles. The maximum absolute atomic E-state index is 12.9. The molecule has 0 saturated heterocycles. The van der Waals surface area contributed by atoms with Crippen LogP contribution in [-0.2, 0) is 42.2 Å². The highest BCUT2D eigenvalue weighted by Crippen LogP contribution is 2.43. The normalized spacial score (nSPS) is 14.2. The Morgan fingerprint density at radius 3 is 1.29 bits per heavy atom. The van der Waals surface area contributed by atoms with Crippen molar-refractivity contribution in [2.75, 3.05) is 26.4 Å². The van der Waals surface area contributed by atoms with Gasteiger partial charge in [-0.1, -0.05) is 208 Å². The number of carbonyl (C=O) groups excluding carboxylic acids is 3. The Kier molecular flexibility index (Phi) is 49.1. The number of carbonyl (C=O) groups is 3. The summed E-state index contributed by atoms with van der Waals surface area (Å²) in [5, 5.41) is 9.78. The number of unbranched alkanes of at least 4 members (excludes halogenated alkanes) is 16. The van der Waals surface area contributed by atoms with Gasteiger partial charge in [-0.15, -0.1) is 0 Å². The van der Waals surface area contributed by atoms with Crippen LogP contribution in [0.1, 0.15) is 213 Å². The molecule has 70 heavy (non-hydrogen) atoms. The number of hydrogen-bond donors (Lipinski definition) is 2. The zero-order chi connectivity index (χ0) is 51.3. The van der Waals surface area contributed by atoms with E-state index in [4.69, 9.17) is 23.3 Å². The van der Waals surface area contributed by atoms with Crippen molar-refractivity contribution in [1.29, 1.82) is 0 Å². The number of esters is 3. The fourth-order valence-electron chi connectivity index (χ4n) is 6.89. The van der Waals surface area contributed by atoms with Gasteiger partial charge >= 0.3 is 25.7 Å². The summed E-state index contributed by atoms with van der Waals surface area (Å²) in [7, 11) is -4.77. The van der Waals surface area contributed by atoms with Crippen LogP contribution >= 0.6 is 7.82 Å². The number of aliphatic hydroxyl groups excluding tert-OH is 1. The van der Waals surface area contributed by atoms with Crippen molar-refractivity contribution in [3.63, 3.8) is 0 Å². The molecular formula is C58H97O11P. The first kappa shape index (κ1) is 66.4. The van der Waals surface area contributed by atoms with Crippen LogP contribution in [0.25, 0.3) is 0 Å². The molecule has 0 heterocycles. The van der Waals surface area contributed by atoms with Crippen molar-refractivity contribution >= 4 is 25.7 Å². The second-order valence-electron chi connectivity index (χ2n) is 17.7. The smallest absolute Gasteiger partial charge is 0.462 e. The Balaban J connectivity index is 4.85.